The third kappa shape index (κ3) is 3.41. The molecule has 1 aromatic heterocycles. The predicted molar refractivity (Wildman–Crippen MR) is 65.5 cm³/mol. The summed E-state index contributed by atoms with van der Waals surface area (Å²) in [6.45, 7) is 0.255. The normalized spacial score (nSPS) is 10.1. The maximum Gasteiger partial charge on any atom is 0.335 e. The first-order valence-electron chi connectivity index (χ1n) is 5.64. The summed E-state index contributed by atoms with van der Waals surface area (Å²) < 4.78 is 4.64. The van der Waals surface area contributed by atoms with Crippen LogP contribution in [-0.4, -0.2) is 22.1 Å². The van der Waals surface area contributed by atoms with Gasteiger partial charge in [-0.1, -0.05) is 23.4 Å². The predicted octanol–water partition coefficient (Wildman–Crippen LogP) is 1.23. The number of carbonyl (C=O) groups is 2. The van der Waals surface area contributed by atoms with E-state index >= 15 is 0 Å². The average Bonchev–Trinajstić information content (AvgIpc) is 2.90. The average molecular weight is 260 g/mol. The number of aromatic carboxylic acids is 1. The van der Waals surface area contributed by atoms with Gasteiger partial charge in [0.1, 0.15) is 12.0 Å². The molecule has 0 spiro atoms. The third-order valence-electron chi connectivity index (χ3n) is 2.56. The van der Waals surface area contributed by atoms with E-state index in [1.165, 1.54) is 12.3 Å². The van der Waals surface area contributed by atoms with Crippen molar-refractivity contribution in [1.29, 1.82) is 0 Å². The third-order valence-corrected chi connectivity index (χ3v) is 2.56. The van der Waals surface area contributed by atoms with E-state index in [0.717, 1.165) is 0 Å². The molecule has 2 N–H and O–H groups in total. The molecule has 0 bridgehead atoms. The van der Waals surface area contributed by atoms with Crippen LogP contribution in [-0.2, 0) is 17.8 Å². The van der Waals surface area contributed by atoms with Crippen molar-refractivity contribution in [3.8, 4) is 0 Å². The van der Waals surface area contributed by atoms with Crippen LogP contribution in [0.4, 0.5) is 0 Å². The van der Waals surface area contributed by atoms with E-state index < -0.39 is 5.97 Å². The number of carbonyl (C=O) groups excluding carboxylic acids is 1. The maximum atomic E-state index is 11.7. The van der Waals surface area contributed by atoms with Crippen molar-refractivity contribution in [1.82, 2.24) is 10.5 Å². The van der Waals surface area contributed by atoms with Crippen molar-refractivity contribution in [2.24, 2.45) is 0 Å². The standard InChI is InChI=1S/C13H12N2O4/c16-12(14-8-10-5-6-19-15-10)7-9-3-1-2-4-11(9)13(17)18/h1-6H,7-8H2,(H,14,16)(H,17,18). The van der Waals surface area contributed by atoms with E-state index in [4.69, 9.17) is 5.11 Å². The van der Waals surface area contributed by atoms with Gasteiger partial charge in [0.15, 0.2) is 0 Å². The Balaban J connectivity index is 1.97. The monoisotopic (exact) mass is 260 g/mol. The van der Waals surface area contributed by atoms with Crippen LogP contribution in [0.2, 0.25) is 0 Å². The molecule has 0 saturated carbocycles. The Morgan fingerprint density at radius 2 is 2.05 bits per heavy atom. The van der Waals surface area contributed by atoms with Gasteiger partial charge in [-0.05, 0) is 11.6 Å². The molecule has 98 valence electrons. The highest BCUT2D eigenvalue weighted by atomic mass is 16.5. The van der Waals surface area contributed by atoms with Gasteiger partial charge in [-0.2, -0.15) is 0 Å². The second-order valence-electron chi connectivity index (χ2n) is 3.91. The molecule has 0 aliphatic rings. The summed E-state index contributed by atoms with van der Waals surface area (Å²) >= 11 is 0. The summed E-state index contributed by atoms with van der Waals surface area (Å²) in [4.78, 5) is 22.7. The Morgan fingerprint density at radius 1 is 1.26 bits per heavy atom. The second kappa shape index (κ2) is 5.81. The van der Waals surface area contributed by atoms with E-state index in [-0.39, 0.29) is 24.4 Å². The lowest BCUT2D eigenvalue weighted by atomic mass is 10.0. The number of nitrogens with zero attached hydrogens (tertiary/aromatic N) is 1. The fourth-order valence-electron chi connectivity index (χ4n) is 1.64. The number of carboxylic acid groups (broad SMARTS) is 1. The van der Waals surface area contributed by atoms with Crippen molar-refractivity contribution in [2.45, 2.75) is 13.0 Å². The number of benzene rings is 1. The minimum atomic E-state index is -1.04. The molecule has 6 nitrogen and oxygen atoms in total. The first-order chi connectivity index (χ1) is 9.16. The molecule has 6 heteroatoms. The van der Waals surface area contributed by atoms with E-state index in [0.29, 0.717) is 11.3 Å². The Hall–Kier alpha value is -2.63. The molecule has 0 atom stereocenters. The van der Waals surface area contributed by atoms with Gasteiger partial charge in [0, 0.05) is 6.07 Å². The number of rotatable bonds is 5. The number of amides is 1. The van der Waals surface area contributed by atoms with Crippen LogP contribution < -0.4 is 5.32 Å². The molecule has 1 aromatic carbocycles. The quantitative estimate of drug-likeness (QED) is 0.843. The molecule has 1 heterocycles. The Bertz CT molecular complexity index is 578. The van der Waals surface area contributed by atoms with Crippen molar-refractivity contribution < 1.29 is 19.2 Å². The summed E-state index contributed by atoms with van der Waals surface area (Å²) in [5, 5.41) is 15.3. The van der Waals surface area contributed by atoms with Gasteiger partial charge in [-0.25, -0.2) is 4.79 Å². The van der Waals surface area contributed by atoms with Crippen molar-refractivity contribution in [2.75, 3.05) is 0 Å². The first kappa shape index (κ1) is 12.8. The van der Waals surface area contributed by atoms with Crippen molar-refractivity contribution in [3.63, 3.8) is 0 Å². The minimum Gasteiger partial charge on any atom is -0.478 e. The molecule has 0 radical (unpaired) electrons. The van der Waals surface area contributed by atoms with Gasteiger partial charge in [-0.15, -0.1) is 0 Å². The Kier molecular flexibility index (Phi) is 3.92. The fraction of sp³-hybridized carbons (Fsp3) is 0.154. The van der Waals surface area contributed by atoms with Crippen LogP contribution in [0.15, 0.2) is 41.1 Å². The van der Waals surface area contributed by atoms with Gasteiger partial charge in [0.25, 0.3) is 0 Å². The van der Waals surface area contributed by atoms with Crippen LogP contribution in [0.3, 0.4) is 0 Å². The number of nitrogens with one attached hydrogen (secondary N) is 1. The van der Waals surface area contributed by atoms with Gasteiger partial charge >= 0.3 is 5.97 Å². The van der Waals surface area contributed by atoms with E-state index in [1.54, 1.807) is 24.3 Å². The molecule has 0 fully saturated rings. The lowest BCUT2D eigenvalue weighted by Gasteiger charge is -2.06. The van der Waals surface area contributed by atoms with Crippen molar-refractivity contribution >= 4 is 11.9 Å². The van der Waals surface area contributed by atoms with Crippen LogP contribution in [0.25, 0.3) is 0 Å². The van der Waals surface area contributed by atoms with Crippen LogP contribution in [0.1, 0.15) is 21.6 Å². The lowest BCUT2D eigenvalue weighted by molar-refractivity contribution is -0.120. The summed E-state index contributed by atoms with van der Waals surface area (Å²) in [5.41, 5.74) is 1.23. The second-order valence-corrected chi connectivity index (χ2v) is 3.91. The highest BCUT2D eigenvalue weighted by Crippen LogP contribution is 2.09. The smallest absolute Gasteiger partial charge is 0.335 e. The van der Waals surface area contributed by atoms with Gasteiger partial charge in [-0.3, -0.25) is 4.79 Å². The van der Waals surface area contributed by atoms with Crippen molar-refractivity contribution in [3.05, 3.63) is 53.4 Å². The zero-order valence-corrected chi connectivity index (χ0v) is 10.00. The van der Waals surface area contributed by atoms with Crippen LogP contribution >= 0.6 is 0 Å². The largest absolute Gasteiger partial charge is 0.478 e. The molecule has 0 aliphatic heterocycles. The lowest BCUT2D eigenvalue weighted by Crippen LogP contribution is -2.25. The van der Waals surface area contributed by atoms with E-state index in [1.807, 2.05) is 0 Å². The topological polar surface area (TPSA) is 92.4 Å². The first-order valence-corrected chi connectivity index (χ1v) is 5.64. The number of aromatic nitrogens is 1. The van der Waals surface area contributed by atoms with E-state index in [9.17, 15) is 9.59 Å². The van der Waals surface area contributed by atoms with Gasteiger partial charge in [0.05, 0.1) is 18.5 Å². The van der Waals surface area contributed by atoms with Crippen LogP contribution in [0.5, 0.6) is 0 Å². The summed E-state index contributed by atoms with van der Waals surface area (Å²) in [6, 6.07) is 8.07. The molecule has 2 rings (SSSR count). The number of hydrogen-bond acceptors (Lipinski definition) is 4. The Morgan fingerprint density at radius 3 is 2.74 bits per heavy atom. The summed E-state index contributed by atoms with van der Waals surface area (Å²) in [5.74, 6) is -1.31. The number of carboxylic acids is 1. The minimum absolute atomic E-state index is 0.0142. The highest BCUT2D eigenvalue weighted by Gasteiger charge is 2.12. The summed E-state index contributed by atoms with van der Waals surface area (Å²) in [7, 11) is 0. The molecule has 19 heavy (non-hydrogen) atoms. The number of hydrogen-bond donors (Lipinski definition) is 2. The van der Waals surface area contributed by atoms with Gasteiger partial charge < -0.3 is 14.9 Å². The molecule has 0 saturated heterocycles. The zero-order chi connectivity index (χ0) is 13.7. The molecular weight excluding hydrogens is 248 g/mol. The molecule has 1 amide bonds. The van der Waals surface area contributed by atoms with Crippen LogP contribution in [0, 0.1) is 0 Å². The molecule has 0 unspecified atom stereocenters. The SMILES string of the molecule is O=C(Cc1ccccc1C(=O)O)NCc1ccon1. The van der Waals surface area contributed by atoms with Gasteiger partial charge in [0.2, 0.25) is 5.91 Å². The highest BCUT2D eigenvalue weighted by molar-refractivity contribution is 5.91. The molecular formula is C13H12N2O4. The summed E-state index contributed by atoms with van der Waals surface area (Å²) in [6.07, 6.45) is 1.43. The van der Waals surface area contributed by atoms with E-state index in [2.05, 4.69) is 15.0 Å². The Labute approximate surface area is 109 Å². The molecule has 2 aromatic rings. The molecule has 0 aliphatic carbocycles. The zero-order valence-electron chi connectivity index (χ0n) is 10.00. The maximum absolute atomic E-state index is 11.7. The fourth-order valence-corrected chi connectivity index (χ4v) is 1.64.